The zero-order chi connectivity index (χ0) is 14.9. The molecule has 0 saturated carbocycles. The Morgan fingerprint density at radius 2 is 1.95 bits per heavy atom. The van der Waals surface area contributed by atoms with Crippen LogP contribution in [0.15, 0.2) is 0 Å². The van der Waals surface area contributed by atoms with Crippen molar-refractivity contribution in [3.8, 4) is 0 Å². The number of carbonyl (C=O) groups excluding carboxylic acids is 2. The van der Waals surface area contributed by atoms with E-state index in [4.69, 9.17) is 9.47 Å². The molecule has 3 heterocycles. The van der Waals surface area contributed by atoms with Gasteiger partial charge in [0.05, 0.1) is 12.0 Å². The molecule has 0 aromatic heterocycles. The molecule has 3 fully saturated rings. The summed E-state index contributed by atoms with van der Waals surface area (Å²) >= 11 is 0. The normalized spacial score (nSPS) is 39.0. The summed E-state index contributed by atoms with van der Waals surface area (Å²) in [7, 11) is -5.79. The monoisotopic (exact) mass is 315 g/mol. The van der Waals surface area contributed by atoms with Gasteiger partial charge >= 0.3 is 21.5 Å². The summed E-state index contributed by atoms with van der Waals surface area (Å²) in [6, 6.07) is 0. The van der Waals surface area contributed by atoms with Gasteiger partial charge in [0.1, 0.15) is 18.1 Å². The maximum atomic E-state index is 12.2. The Morgan fingerprint density at radius 3 is 2.55 bits per heavy atom. The molecule has 3 rings (SSSR count). The Bertz CT molecular complexity index is 585. The second kappa shape index (κ2) is 3.85. The molecule has 5 atom stereocenters. The van der Waals surface area contributed by atoms with Gasteiger partial charge in [0.2, 0.25) is 5.91 Å². The lowest BCUT2D eigenvalue weighted by atomic mass is 9.80. The first-order valence-corrected chi connectivity index (χ1v) is 7.09. The van der Waals surface area contributed by atoms with E-state index in [9.17, 15) is 31.2 Å². The molecule has 112 valence electrons. The molecule has 0 aliphatic carbocycles. The Balaban J connectivity index is 1.81. The molecular weight excluding hydrogens is 307 g/mol. The first-order valence-electron chi connectivity index (χ1n) is 5.61. The molecule has 0 spiro atoms. The van der Waals surface area contributed by atoms with Crippen LogP contribution in [0.4, 0.5) is 13.2 Å². The predicted molar refractivity (Wildman–Crippen MR) is 53.3 cm³/mol. The standard InChI is InChI=1S/C9H8F3NO6S/c10-9(11,12)20(16,17)13-7(14)4-2-1-3-6(18-2)5(4)8(15)19-3/h2-6H,1H2,(H,13,14). The highest BCUT2D eigenvalue weighted by Crippen LogP contribution is 2.49. The third kappa shape index (κ3) is 1.72. The number of hydrogen-bond donors (Lipinski definition) is 1. The van der Waals surface area contributed by atoms with Crippen LogP contribution in [-0.2, 0) is 29.1 Å². The number of alkyl halides is 3. The Hall–Kier alpha value is -1.36. The maximum Gasteiger partial charge on any atom is 0.516 e. The number of carbonyl (C=O) groups is 2. The number of halogens is 3. The fraction of sp³-hybridized carbons (Fsp3) is 0.778. The highest BCUT2D eigenvalue weighted by atomic mass is 32.2. The second-order valence-electron chi connectivity index (χ2n) is 4.82. The van der Waals surface area contributed by atoms with Crippen molar-refractivity contribution >= 4 is 21.9 Å². The van der Waals surface area contributed by atoms with Crippen molar-refractivity contribution in [2.24, 2.45) is 11.8 Å². The number of ether oxygens (including phenoxy) is 2. The first-order chi connectivity index (χ1) is 9.12. The van der Waals surface area contributed by atoms with E-state index in [1.54, 1.807) is 0 Å². The number of nitrogens with one attached hydrogen (secondary N) is 1. The van der Waals surface area contributed by atoms with E-state index in [2.05, 4.69) is 0 Å². The minimum absolute atomic E-state index is 0.178. The molecule has 7 nitrogen and oxygen atoms in total. The summed E-state index contributed by atoms with van der Waals surface area (Å²) in [4.78, 5) is 23.3. The van der Waals surface area contributed by atoms with E-state index in [-0.39, 0.29) is 6.42 Å². The van der Waals surface area contributed by atoms with E-state index in [1.807, 2.05) is 0 Å². The van der Waals surface area contributed by atoms with E-state index >= 15 is 0 Å². The van der Waals surface area contributed by atoms with Gasteiger partial charge in [-0.05, 0) is 0 Å². The van der Waals surface area contributed by atoms with Crippen molar-refractivity contribution in [1.29, 1.82) is 0 Å². The Morgan fingerprint density at radius 1 is 1.30 bits per heavy atom. The molecule has 0 aromatic rings. The van der Waals surface area contributed by atoms with Crippen LogP contribution in [0, 0.1) is 11.8 Å². The molecule has 3 aliphatic rings. The molecule has 1 N–H and O–H groups in total. The van der Waals surface area contributed by atoms with E-state index in [0.29, 0.717) is 0 Å². The third-order valence-corrected chi connectivity index (χ3v) is 4.77. The lowest BCUT2D eigenvalue weighted by Gasteiger charge is -2.20. The van der Waals surface area contributed by atoms with Crippen LogP contribution < -0.4 is 4.72 Å². The molecule has 20 heavy (non-hydrogen) atoms. The van der Waals surface area contributed by atoms with Gasteiger partial charge in [-0.15, -0.1) is 0 Å². The third-order valence-electron chi connectivity index (χ3n) is 3.69. The predicted octanol–water partition coefficient (Wildman–Crippen LogP) is -0.719. The van der Waals surface area contributed by atoms with Gasteiger partial charge in [0.15, 0.2) is 0 Å². The number of sulfonamides is 1. The average molecular weight is 315 g/mol. The molecule has 5 unspecified atom stereocenters. The van der Waals surface area contributed by atoms with Gasteiger partial charge in [-0.3, -0.25) is 9.59 Å². The van der Waals surface area contributed by atoms with Crippen LogP contribution >= 0.6 is 0 Å². The molecule has 2 bridgehead atoms. The average Bonchev–Trinajstić information content (AvgIpc) is 2.86. The summed E-state index contributed by atoms with van der Waals surface area (Å²) in [5, 5.41) is 0. The molecule has 3 aliphatic heterocycles. The molecule has 0 aromatic carbocycles. The van der Waals surface area contributed by atoms with E-state index < -0.39 is 57.6 Å². The second-order valence-corrected chi connectivity index (χ2v) is 6.49. The minimum atomic E-state index is -5.79. The van der Waals surface area contributed by atoms with Gasteiger partial charge in [-0.25, -0.2) is 4.72 Å². The summed E-state index contributed by atoms with van der Waals surface area (Å²) in [5.74, 6) is -4.45. The summed E-state index contributed by atoms with van der Waals surface area (Å²) < 4.78 is 69.5. The quantitative estimate of drug-likeness (QED) is 0.675. The van der Waals surface area contributed by atoms with Gasteiger partial charge in [0.25, 0.3) is 0 Å². The van der Waals surface area contributed by atoms with Crippen molar-refractivity contribution in [1.82, 2.24) is 4.72 Å². The molecule has 11 heteroatoms. The van der Waals surface area contributed by atoms with E-state index in [0.717, 1.165) is 4.72 Å². The van der Waals surface area contributed by atoms with Crippen LogP contribution in [0.1, 0.15) is 6.42 Å². The highest BCUT2D eigenvalue weighted by molar-refractivity contribution is 7.90. The molecule has 3 saturated heterocycles. The van der Waals surface area contributed by atoms with Crippen LogP contribution in [0.2, 0.25) is 0 Å². The number of esters is 1. The first kappa shape index (κ1) is 13.6. The van der Waals surface area contributed by atoms with Crippen molar-refractivity contribution in [2.45, 2.75) is 30.2 Å². The number of fused-ring (bicyclic) bond motifs is 1. The zero-order valence-corrected chi connectivity index (χ0v) is 10.4. The van der Waals surface area contributed by atoms with Gasteiger partial charge in [-0.2, -0.15) is 21.6 Å². The fourth-order valence-electron chi connectivity index (χ4n) is 2.90. The smallest absolute Gasteiger partial charge is 0.459 e. The summed E-state index contributed by atoms with van der Waals surface area (Å²) in [6.45, 7) is 0. The van der Waals surface area contributed by atoms with Crippen molar-refractivity contribution < 1.29 is 40.7 Å². The Labute approximate surface area is 110 Å². The number of amides is 1. The number of hydrogen-bond acceptors (Lipinski definition) is 6. The molecule has 1 amide bonds. The Kier molecular flexibility index (Phi) is 2.62. The summed E-state index contributed by atoms with van der Waals surface area (Å²) in [6.07, 6.45) is -1.81. The highest BCUT2D eigenvalue weighted by Gasteiger charge is 2.66. The van der Waals surface area contributed by atoms with Crippen LogP contribution in [-0.4, -0.2) is 44.1 Å². The SMILES string of the molecule is O=C(NS(=O)(=O)C(F)(F)F)C1C2CC3OC(=O)C1C3O2. The van der Waals surface area contributed by atoms with Gasteiger partial charge in [-0.1, -0.05) is 0 Å². The topological polar surface area (TPSA) is 98.8 Å². The van der Waals surface area contributed by atoms with Crippen molar-refractivity contribution in [3.05, 3.63) is 0 Å². The summed E-state index contributed by atoms with van der Waals surface area (Å²) in [5.41, 5.74) is -5.60. The minimum Gasteiger partial charge on any atom is -0.459 e. The van der Waals surface area contributed by atoms with Crippen LogP contribution in [0.5, 0.6) is 0 Å². The maximum absolute atomic E-state index is 12.2. The van der Waals surface area contributed by atoms with Crippen LogP contribution in [0.25, 0.3) is 0 Å². The van der Waals surface area contributed by atoms with Crippen molar-refractivity contribution in [2.75, 3.05) is 0 Å². The van der Waals surface area contributed by atoms with Crippen LogP contribution in [0.3, 0.4) is 0 Å². The van der Waals surface area contributed by atoms with Gasteiger partial charge < -0.3 is 9.47 Å². The van der Waals surface area contributed by atoms with E-state index in [1.165, 1.54) is 0 Å². The molecule has 0 radical (unpaired) electrons. The lowest BCUT2D eigenvalue weighted by Crippen LogP contribution is -2.48. The zero-order valence-electron chi connectivity index (χ0n) is 9.59. The van der Waals surface area contributed by atoms with Gasteiger partial charge in [0, 0.05) is 6.42 Å². The lowest BCUT2D eigenvalue weighted by molar-refractivity contribution is -0.145. The number of rotatable bonds is 2. The molecular formula is C9H8F3NO6S. The fourth-order valence-corrected chi connectivity index (χ4v) is 3.42. The van der Waals surface area contributed by atoms with Crippen molar-refractivity contribution in [3.63, 3.8) is 0 Å². The largest absolute Gasteiger partial charge is 0.516 e.